The Morgan fingerprint density at radius 1 is 0.974 bits per heavy atom. The van der Waals surface area contributed by atoms with Crippen molar-refractivity contribution in [1.82, 2.24) is 10.2 Å². The lowest BCUT2D eigenvalue weighted by molar-refractivity contribution is -0.138. The number of ether oxygens (including phenoxy) is 1. The molecule has 3 rings (SSSR count). The van der Waals surface area contributed by atoms with E-state index in [1.807, 2.05) is 44.2 Å². The Morgan fingerprint density at radius 2 is 1.67 bits per heavy atom. The quantitative estimate of drug-likeness (QED) is 0.344. The third-order valence-corrected chi connectivity index (χ3v) is 8.22. The molecule has 3 aromatic carbocycles. The predicted octanol–water partition coefficient (Wildman–Crippen LogP) is 4.18. The first kappa shape index (κ1) is 29.7. The molecule has 0 saturated heterocycles. The molecule has 9 heteroatoms. The normalized spacial score (nSPS) is 11.9. The van der Waals surface area contributed by atoms with Crippen molar-refractivity contribution in [2.75, 3.05) is 31.0 Å². The number of hydrogen-bond acceptors (Lipinski definition) is 5. The number of benzene rings is 3. The molecule has 0 aromatic heterocycles. The summed E-state index contributed by atoms with van der Waals surface area (Å²) in [7, 11) is -2.63. The van der Waals surface area contributed by atoms with Crippen molar-refractivity contribution in [2.24, 2.45) is 0 Å². The van der Waals surface area contributed by atoms with Gasteiger partial charge in [0.25, 0.3) is 10.0 Å². The molecule has 0 heterocycles. The van der Waals surface area contributed by atoms with Crippen molar-refractivity contribution < 1.29 is 22.7 Å². The van der Waals surface area contributed by atoms with E-state index in [9.17, 15) is 18.0 Å². The second-order valence-electron chi connectivity index (χ2n) is 9.32. The maximum Gasteiger partial charge on any atom is 0.264 e. The first-order chi connectivity index (χ1) is 18.7. The molecule has 208 valence electrons. The van der Waals surface area contributed by atoms with Crippen LogP contribution in [0, 0.1) is 6.92 Å². The minimum Gasteiger partial charge on any atom is -0.497 e. The maximum absolute atomic E-state index is 13.9. The van der Waals surface area contributed by atoms with Gasteiger partial charge < -0.3 is 15.0 Å². The van der Waals surface area contributed by atoms with Gasteiger partial charge in [-0.05, 0) is 56.5 Å². The number of sulfonamides is 1. The molecular formula is C30H37N3O5S. The third-order valence-electron chi connectivity index (χ3n) is 6.43. The molecule has 0 aliphatic heterocycles. The molecule has 8 nitrogen and oxygen atoms in total. The van der Waals surface area contributed by atoms with Crippen LogP contribution >= 0.6 is 0 Å². The zero-order chi connectivity index (χ0) is 28.4. The van der Waals surface area contributed by atoms with E-state index in [0.717, 1.165) is 21.9 Å². The number of hydrogen-bond donors (Lipinski definition) is 1. The van der Waals surface area contributed by atoms with Gasteiger partial charge in [0.15, 0.2) is 0 Å². The Morgan fingerprint density at radius 3 is 2.31 bits per heavy atom. The van der Waals surface area contributed by atoms with Gasteiger partial charge in [-0.2, -0.15) is 0 Å². The molecule has 2 amide bonds. The van der Waals surface area contributed by atoms with Gasteiger partial charge >= 0.3 is 0 Å². The average Bonchev–Trinajstić information content (AvgIpc) is 2.95. The number of nitrogens with zero attached hydrogens (tertiary/aromatic N) is 2. The highest BCUT2D eigenvalue weighted by molar-refractivity contribution is 7.92. The van der Waals surface area contributed by atoms with E-state index >= 15 is 0 Å². The van der Waals surface area contributed by atoms with Crippen LogP contribution in [-0.2, 0) is 26.0 Å². The van der Waals surface area contributed by atoms with Gasteiger partial charge in [0.2, 0.25) is 11.8 Å². The molecule has 3 aromatic rings. The SMILES string of the molecule is CCCNC(=O)C(C)N(CCc1ccccc1)C(=O)CN(c1cccc(OC)c1)S(=O)(=O)c1ccc(C)cc1. The van der Waals surface area contributed by atoms with E-state index in [1.165, 1.54) is 24.1 Å². The molecule has 0 fully saturated rings. The van der Waals surface area contributed by atoms with E-state index in [1.54, 1.807) is 43.3 Å². The number of nitrogens with one attached hydrogen (secondary N) is 1. The molecule has 0 bridgehead atoms. The van der Waals surface area contributed by atoms with E-state index in [4.69, 9.17) is 4.74 Å². The van der Waals surface area contributed by atoms with E-state index in [2.05, 4.69) is 5.32 Å². The topological polar surface area (TPSA) is 96.0 Å². The van der Waals surface area contributed by atoms with Gasteiger partial charge in [-0.3, -0.25) is 13.9 Å². The van der Waals surface area contributed by atoms with Gasteiger partial charge in [0.05, 0.1) is 17.7 Å². The molecule has 0 radical (unpaired) electrons. The average molecular weight is 552 g/mol. The highest BCUT2D eigenvalue weighted by atomic mass is 32.2. The number of amides is 2. The summed E-state index contributed by atoms with van der Waals surface area (Å²) in [5.41, 5.74) is 2.21. The Labute approximate surface area is 231 Å². The number of anilines is 1. The van der Waals surface area contributed by atoms with Crippen LogP contribution in [0.2, 0.25) is 0 Å². The van der Waals surface area contributed by atoms with Crippen molar-refractivity contribution in [3.8, 4) is 5.75 Å². The molecule has 0 aliphatic rings. The molecule has 1 N–H and O–H groups in total. The zero-order valence-electron chi connectivity index (χ0n) is 23.0. The lowest BCUT2D eigenvalue weighted by Gasteiger charge is -2.32. The predicted molar refractivity (Wildman–Crippen MR) is 153 cm³/mol. The van der Waals surface area contributed by atoms with Crippen LogP contribution in [0.1, 0.15) is 31.4 Å². The fourth-order valence-electron chi connectivity index (χ4n) is 4.10. The first-order valence-electron chi connectivity index (χ1n) is 13.0. The van der Waals surface area contributed by atoms with Crippen LogP contribution in [0.5, 0.6) is 5.75 Å². The van der Waals surface area contributed by atoms with E-state index in [-0.39, 0.29) is 23.0 Å². The van der Waals surface area contributed by atoms with Crippen molar-refractivity contribution in [1.29, 1.82) is 0 Å². The second-order valence-corrected chi connectivity index (χ2v) is 11.2. The van der Waals surface area contributed by atoms with Gasteiger partial charge in [0.1, 0.15) is 18.3 Å². The Bertz CT molecular complexity index is 1340. The monoisotopic (exact) mass is 551 g/mol. The van der Waals surface area contributed by atoms with Crippen molar-refractivity contribution >= 4 is 27.5 Å². The van der Waals surface area contributed by atoms with Crippen molar-refractivity contribution in [3.63, 3.8) is 0 Å². The van der Waals surface area contributed by atoms with Crippen LogP contribution in [-0.4, -0.2) is 57.9 Å². The minimum atomic E-state index is -4.12. The summed E-state index contributed by atoms with van der Waals surface area (Å²) >= 11 is 0. The van der Waals surface area contributed by atoms with Crippen molar-refractivity contribution in [3.05, 3.63) is 90.0 Å². The summed E-state index contributed by atoms with van der Waals surface area (Å²) in [6, 6.07) is 21.9. The molecular weight excluding hydrogens is 514 g/mol. The number of rotatable bonds is 13. The minimum absolute atomic E-state index is 0.0632. The van der Waals surface area contributed by atoms with Gasteiger partial charge in [0, 0.05) is 19.2 Å². The van der Waals surface area contributed by atoms with Crippen LogP contribution in [0.4, 0.5) is 5.69 Å². The largest absolute Gasteiger partial charge is 0.497 e. The van der Waals surface area contributed by atoms with Gasteiger partial charge in [-0.25, -0.2) is 8.42 Å². The zero-order valence-corrected chi connectivity index (χ0v) is 23.8. The van der Waals surface area contributed by atoms with Gasteiger partial charge in [-0.15, -0.1) is 0 Å². The summed E-state index contributed by atoms with van der Waals surface area (Å²) in [4.78, 5) is 28.3. The number of aryl methyl sites for hydroxylation is 1. The highest BCUT2D eigenvalue weighted by Gasteiger charge is 2.32. The van der Waals surface area contributed by atoms with Crippen LogP contribution in [0.3, 0.4) is 0 Å². The Kier molecular flexibility index (Phi) is 10.5. The highest BCUT2D eigenvalue weighted by Crippen LogP contribution is 2.27. The Hall–Kier alpha value is -3.85. The number of carbonyl (C=O) groups is 2. The molecule has 0 spiro atoms. The lowest BCUT2D eigenvalue weighted by Crippen LogP contribution is -2.52. The summed E-state index contributed by atoms with van der Waals surface area (Å²) in [6.45, 7) is 5.74. The lowest BCUT2D eigenvalue weighted by atomic mass is 10.1. The van der Waals surface area contributed by atoms with Crippen LogP contribution in [0.15, 0.2) is 83.8 Å². The third kappa shape index (κ3) is 7.83. The van der Waals surface area contributed by atoms with Gasteiger partial charge in [-0.1, -0.05) is 61.0 Å². The van der Waals surface area contributed by atoms with Crippen molar-refractivity contribution in [2.45, 2.75) is 44.6 Å². The summed E-state index contributed by atoms with van der Waals surface area (Å²) < 4.78 is 34.1. The van der Waals surface area contributed by atoms with E-state index < -0.39 is 28.5 Å². The number of carbonyl (C=O) groups excluding carboxylic acids is 2. The van der Waals surface area contributed by atoms with Crippen LogP contribution < -0.4 is 14.4 Å². The molecule has 39 heavy (non-hydrogen) atoms. The first-order valence-corrected chi connectivity index (χ1v) is 14.5. The smallest absolute Gasteiger partial charge is 0.264 e. The number of methoxy groups -OCH3 is 1. The summed E-state index contributed by atoms with van der Waals surface area (Å²) in [5.74, 6) is -0.312. The van der Waals surface area contributed by atoms with E-state index in [0.29, 0.717) is 18.7 Å². The summed E-state index contributed by atoms with van der Waals surface area (Å²) in [5, 5.41) is 2.85. The summed E-state index contributed by atoms with van der Waals surface area (Å²) in [6.07, 6.45) is 1.27. The molecule has 0 saturated carbocycles. The van der Waals surface area contributed by atoms with Crippen LogP contribution in [0.25, 0.3) is 0 Å². The standard InChI is InChI=1S/C30H37N3O5S/c1-5-19-31-30(35)24(3)32(20-18-25-10-7-6-8-11-25)29(34)22-33(26-12-9-13-27(21-26)38-4)39(36,37)28-16-14-23(2)15-17-28/h6-17,21,24H,5,18-20,22H2,1-4H3,(H,31,35). The second kappa shape index (κ2) is 13.8. The fraction of sp³-hybridized carbons (Fsp3) is 0.333. The Balaban J connectivity index is 1.98. The fourth-order valence-corrected chi connectivity index (χ4v) is 5.50. The molecule has 0 aliphatic carbocycles. The molecule has 1 unspecified atom stereocenters. The maximum atomic E-state index is 13.9. The molecule has 1 atom stereocenters.